The monoisotopic (exact) mass is 257 g/mol. The molecular weight excluding hydrogens is 238 g/mol. The summed E-state index contributed by atoms with van der Waals surface area (Å²) in [7, 11) is 0. The summed E-state index contributed by atoms with van der Waals surface area (Å²) in [4.78, 5) is 6.70. The van der Waals surface area contributed by atoms with Gasteiger partial charge in [0.25, 0.3) is 0 Å². The number of aromatic nitrogens is 2. The van der Waals surface area contributed by atoms with Gasteiger partial charge in [-0.15, -0.1) is 0 Å². The van der Waals surface area contributed by atoms with Gasteiger partial charge in [0, 0.05) is 30.5 Å². The molecule has 0 N–H and O–H groups in total. The van der Waals surface area contributed by atoms with Crippen molar-refractivity contribution in [2.75, 3.05) is 6.54 Å². The molecule has 4 nitrogen and oxygen atoms in total. The maximum absolute atomic E-state index is 5.32. The van der Waals surface area contributed by atoms with Gasteiger partial charge in [-0.1, -0.05) is 11.2 Å². The molecule has 0 aliphatic carbocycles. The summed E-state index contributed by atoms with van der Waals surface area (Å²) in [5, 5.41) is 4.09. The third-order valence-corrected chi connectivity index (χ3v) is 3.89. The molecule has 1 saturated heterocycles. The molecule has 4 heteroatoms. The van der Waals surface area contributed by atoms with E-state index in [0.29, 0.717) is 6.04 Å². The summed E-state index contributed by atoms with van der Waals surface area (Å²) in [6, 6.07) is 4.57. The Balaban J connectivity index is 1.82. The Morgan fingerprint density at radius 3 is 3.00 bits per heavy atom. The highest BCUT2D eigenvalue weighted by Crippen LogP contribution is 2.36. The highest BCUT2D eigenvalue weighted by Gasteiger charge is 2.30. The molecule has 0 unspecified atom stereocenters. The van der Waals surface area contributed by atoms with E-state index < -0.39 is 0 Å². The number of likely N-dealkylation sites (tertiary alicyclic amines) is 1. The van der Waals surface area contributed by atoms with Gasteiger partial charge in [-0.3, -0.25) is 9.88 Å². The van der Waals surface area contributed by atoms with E-state index in [2.05, 4.69) is 21.1 Å². The molecule has 19 heavy (non-hydrogen) atoms. The standard InChI is InChI=1S/C15H19N3O/c1-11-15(12(2)19-17-11)14-6-4-8-18(14)10-13-5-3-7-16-9-13/h3,5,7,9,14H,4,6,8,10H2,1-2H3/t14-/m1/s1. The van der Waals surface area contributed by atoms with Crippen molar-refractivity contribution in [2.24, 2.45) is 0 Å². The number of pyridine rings is 1. The highest BCUT2D eigenvalue weighted by atomic mass is 16.5. The highest BCUT2D eigenvalue weighted by molar-refractivity contribution is 5.26. The van der Waals surface area contributed by atoms with Crippen LogP contribution in [0.2, 0.25) is 0 Å². The van der Waals surface area contributed by atoms with Gasteiger partial charge >= 0.3 is 0 Å². The number of aryl methyl sites for hydroxylation is 2. The fourth-order valence-electron chi connectivity index (χ4n) is 3.03. The van der Waals surface area contributed by atoms with Crippen LogP contribution >= 0.6 is 0 Å². The van der Waals surface area contributed by atoms with Crippen LogP contribution in [0.15, 0.2) is 29.0 Å². The SMILES string of the molecule is Cc1noc(C)c1[C@H]1CCCN1Cc1cccnc1. The van der Waals surface area contributed by atoms with Gasteiger partial charge in [0.1, 0.15) is 5.76 Å². The lowest BCUT2D eigenvalue weighted by molar-refractivity contribution is 0.245. The van der Waals surface area contributed by atoms with Gasteiger partial charge < -0.3 is 4.52 Å². The fraction of sp³-hybridized carbons (Fsp3) is 0.467. The van der Waals surface area contributed by atoms with Crippen molar-refractivity contribution >= 4 is 0 Å². The maximum atomic E-state index is 5.32. The zero-order valence-electron chi connectivity index (χ0n) is 11.5. The first-order valence-corrected chi connectivity index (χ1v) is 6.81. The lowest BCUT2D eigenvalue weighted by Gasteiger charge is -2.24. The van der Waals surface area contributed by atoms with Gasteiger partial charge in [0.2, 0.25) is 0 Å². The van der Waals surface area contributed by atoms with E-state index in [4.69, 9.17) is 4.52 Å². The van der Waals surface area contributed by atoms with E-state index in [0.717, 1.165) is 24.5 Å². The average molecular weight is 257 g/mol. The smallest absolute Gasteiger partial charge is 0.138 e. The summed E-state index contributed by atoms with van der Waals surface area (Å²) in [5.74, 6) is 0.959. The Kier molecular flexibility index (Phi) is 3.34. The molecule has 0 saturated carbocycles. The molecule has 100 valence electrons. The Morgan fingerprint density at radius 1 is 1.42 bits per heavy atom. The molecule has 2 aromatic rings. The van der Waals surface area contributed by atoms with Crippen molar-refractivity contribution in [2.45, 2.75) is 39.3 Å². The molecule has 1 fully saturated rings. The molecule has 1 aliphatic heterocycles. The molecule has 1 atom stereocenters. The maximum Gasteiger partial charge on any atom is 0.138 e. The molecule has 0 aromatic carbocycles. The van der Waals surface area contributed by atoms with Crippen molar-refractivity contribution in [3.8, 4) is 0 Å². The van der Waals surface area contributed by atoms with Gasteiger partial charge in [-0.25, -0.2) is 0 Å². The second-order valence-electron chi connectivity index (χ2n) is 5.23. The summed E-state index contributed by atoms with van der Waals surface area (Å²) < 4.78 is 5.32. The van der Waals surface area contributed by atoms with E-state index in [-0.39, 0.29) is 0 Å². The van der Waals surface area contributed by atoms with E-state index >= 15 is 0 Å². The van der Waals surface area contributed by atoms with Crippen molar-refractivity contribution in [1.29, 1.82) is 0 Å². The quantitative estimate of drug-likeness (QED) is 0.847. The zero-order valence-corrected chi connectivity index (χ0v) is 11.5. The second-order valence-corrected chi connectivity index (χ2v) is 5.23. The number of rotatable bonds is 3. The molecule has 1 aliphatic rings. The first kappa shape index (κ1) is 12.4. The minimum Gasteiger partial charge on any atom is -0.361 e. The van der Waals surface area contributed by atoms with Crippen LogP contribution in [0.25, 0.3) is 0 Å². The summed E-state index contributed by atoms with van der Waals surface area (Å²) in [6.07, 6.45) is 6.18. The molecule has 0 spiro atoms. The minimum absolute atomic E-state index is 0.437. The molecular formula is C15H19N3O. The van der Waals surface area contributed by atoms with Gasteiger partial charge in [0.05, 0.1) is 5.69 Å². The molecule has 3 rings (SSSR count). The van der Waals surface area contributed by atoms with E-state index in [1.165, 1.54) is 24.0 Å². The normalized spacial score (nSPS) is 20.0. The Morgan fingerprint density at radius 2 is 2.32 bits per heavy atom. The fourth-order valence-corrected chi connectivity index (χ4v) is 3.03. The van der Waals surface area contributed by atoms with Crippen LogP contribution in [-0.2, 0) is 6.54 Å². The van der Waals surface area contributed by atoms with Crippen molar-refractivity contribution in [3.05, 3.63) is 47.1 Å². The first-order valence-electron chi connectivity index (χ1n) is 6.81. The summed E-state index contributed by atoms with van der Waals surface area (Å²) in [6.45, 7) is 6.12. The van der Waals surface area contributed by atoms with E-state index in [9.17, 15) is 0 Å². The molecule has 0 amide bonds. The Bertz CT molecular complexity index is 530. The third kappa shape index (κ3) is 2.40. The Hall–Kier alpha value is -1.68. The van der Waals surface area contributed by atoms with Crippen molar-refractivity contribution in [1.82, 2.24) is 15.0 Å². The van der Waals surface area contributed by atoms with Crippen LogP contribution in [0.4, 0.5) is 0 Å². The van der Waals surface area contributed by atoms with Crippen molar-refractivity contribution < 1.29 is 4.52 Å². The average Bonchev–Trinajstić information content (AvgIpc) is 2.98. The van der Waals surface area contributed by atoms with Crippen molar-refractivity contribution in [3.63, 3.8) is 0 Å². The van der Waals surface area contributed by atoms with Crippen LogP contribution in [0, 0.1) is 13.8 Å². The van der Waals surface area contributed by atoms with Gasteiger partial charge in [-0.2, -0.15) is 0 Å². The number of hydrogen-bond acceptors (Lipinski definition) is 4. The van der Waals surface area contributed by atoms with E-state index in [1.807, 2.05) is 32.3 Å². The van der Waals surface area contributed by atoms with E-state index in [1.54, 1.807) is 0 Å². The van der Waals surface area contributed by atoms with Crippen LogP contribution < -0.4 is 0 Å². The molecule has 3 heterocycles. The zero-order chi connectivity index (χ0) is 13.2. The first-order chi connectivity index (χ1) is 9.25. The summed E-state index contributed by atoms with van der Waals surface area (Å²) in [5.41, 5.74) is 3.57. The van der Waals surface area contributed by atoms with Crippen LogP contribution in [0.1, 0.15) is 41.5 Å². The lowest BCUT2D eigenvalue weighted by atomic mass is 10.0. The molecule has 0 bridgehead atoms. The van der Waals surface area contributed by atoms with Crippen LogP contribution in [-0.4, -0.2) is 21.6 Å². The molecule has 0 radical (unpaired) electrons. The Labute approximate surface area is 113 Å². The number of hydrogen-bond donors (Lipinski definition) is 0. The predicted molar refractivity (Wildman–Crippen MR) is 72.6 cm³/mol. The van der Waals surface area contributed by atoms with Gasteiger partial charge in [-0.05, 0) is 44.9 Å². The predicted octanol–water partition coefficient (Wildman–Crippen LogP) is 3.02. The third-order valence-electron chi connectivity index (χ3n) is 3.89. The summed E-state index contributed by atoms with van der Waals surface area (Å²) >= 11 is 0. The topological polar surface area (TPSA) is 42.2 Å². The second kappa shape index (κ2) is 5.13. The lowest BCUT2D eigenvalue weighted by Crippen LogP contribution is -2.23. The molecule has 2 aromatic heterocycles. The van der Waals surface area contributed by atoms with Gasteiger partial charge in [0.15, 0.2) is 0 Å². The minimum atomic E-state index is 0.437. The van der Waals surface area contributed by atoms with Crippen LogP contribution in [0.3, 0.4) is 0 Å². The largest absolute Gasteiger partial charge is 0.361 e. The van der Waals surface area contributed by atoms with Crippen LogP contribution in [0.5, 0.6) is 0 Å². The number of nitrogens with zero attached hydrogens (tertiary/aromatic N) is 3.